The lowest BCUT2D eigenvalue weighted by Gasteiger charge is -2.16. The molecule has 3 rings (SSSR count). The highest BCUT2D eigenvalue weighted by atomic mass is 35.5. The molecule has 3 aromatic rings. The normalized spacial score (nSPS) is 12.1. The molecule has 1 heterocycles. The molecule has 0 radical (unpaired) electrons. The van der Waals surface area contributed by atoms with E-state index in [4.69, 9.17) is 27.9 Å². The molecule has 1 atom stereocenters. The standard InChI is InChI=1S/C20H14Cl2F4N4O4/c1-9(29-16(19(25)26)8-15(28-29)18(23)24)20(31)27-11-5-12(30(32)33)7-13(6-11)34-17-3-2-10(21)4-14(17)22/h2-9,18-19H,1H3,(H,27,31). The van der Waals surface area contributed by atoms with Crippen LogP contribution >= 0.6 is 23.2 Å². The van der Waals surface area contributed by atoms with Gasteiger partial charge in [-0.25, -0.2) is 17.6 Å². The quantitative estimate of drug-likeness (QED) is 0.196. The fourth-order valence-corrected chi connectivity index (χ4v) is 3.32. The van der Waals surface area contributed by atoms with Crippen molar-refractivity contribution in [2.24, 2.45) is 0 Å². The second-order valence-corrected chi connectivity index (χ2v) is 7.70. The lowest BCUT2D eigenvalue weighted by molar-refractivity contribution is -0.384. The van der Waals surface area contributed by atoms with Crippen molar-refractivity contribution in [2.45, 2.75) is 25.8 Å². The molecule has 1 amide bonds. The maximum Gasteiger partial charge on any atom is 0.282 e. The zero-order chi connectivity index (χ0) is 25.2. The Hall–Kier alpha value is -3.38. The number of hydrogen-bond donors (Lipinski definition) is 1. The SMILES string of the molecule is CC(C(=O)Nc1cc(Oc2ccc(Cl)cc2Cl)cc([N+](=O)[O-])c1)n1nc(C(F)F)cc1C(F)F. The molecule has 1 N–H and O–H groups in total. The molecule has 0 aliphatic heterocycles. The number of nitro groups is 1. The van der Waals surface area contributed by atoms with Crippen molar-refractivity contribution in [3.63, 3.8) is 0 Å². The Morgan fingerprint density at radius 1 is 1.12 bits per heavy atom. The summed E-state index contributed by atoms with van der Waals surface area (Å²) >= 11 is 11.9. The van der Waals surface area contributed by atoms with E-state index < -0.39 is 46.8 Å². The summed E-state index contributed by atoms with van der Waals surface area (Å²) in [4.78, 5) is 23.2. The van der Waals surface area contributed by atoms with E-state index in [0.29, 0.717) is 15.8 Å². The van der Waals surface area contributed by atoms with Crippen molar-refractivity contribution in [3.05, 3.63) is 74.0 Å². The minimum Gasteiger partial charge on any atom is -0.455 e. The number of rotatable bonds is 8. The third-order valence-corrected chi connectivity index (χ3v) is 5.00. The molecule has 0 fully saturated rings. The number of ether oxygens (including phenoxy) is 1. The number of benzene rings is 2. The van der Waals surface area contributed by atoms with Gasteiger partial charge < -0.3 is 10.1 Å². The van der Waals surface area contributed by atoms with E-state index in [0.717, 1.165) is 19.1 Å². The lowest BCUT2D eigenvalue weighted by atomic mass is 10.2. The van der Waals surface area contributed by atoms with Crippen LogP contribution in [0.5, 0.6) is 11.5 Å². The topological polar surface area (TPSA) is 99.3 Å². The van der Waals surface area contributed by atoms with Crippen LogP contribution in [0.3, 0.4) is 0 Å². The molecule has 8 nitrogen and oxygen atoms in total. The van der Waals surface area contributed by atoms with E-state index in [-0.39, 0.29) is 22.2 Å². The molecule has 2 aromatic carbocycles. The number of halogens is 6. The van der Waals surface area contributed by atoms with Gasteiger partial charge in [0.1, 0.15) is 28.9 Å². The molecule has 0 aliphatic carbocycles. The van der Waals surface area contributed by atoms with Crippen molar-refractivity contribution >= 4 is 40.5 Å². The Morgan fingerprint density at radius 2 is 1.82 bits per heavy atom. The summed E-state index contributed by atoms with van der Waals surface area (Å²) in [5.74, 6) is -0.898. The van der Waals surface area contributed by atoms with Crippen LogP contribution in [0, 0.1) is 10.1 Å². The van der Waals surface area contributed by atoms with Gasteiger partial charge in [0.2, 0.25) is 5.91 Å². The van der Waals surface area contributed by atoms with Crippen molar-refractivity contribution in [3.8, 4) is 11.5 Å². The molecule has 1 unspecified atom stereocenters. The first-order chi connectivity index (χ1) is 16.0. The van der Waals surface area contributed by atoms with Gasteiger partial charge in [0.15, 0.2) is 0 Å². The van der Waals surface area contributed by atoms with Gasteiger partial charge in [0, 0.05) is 17.2 Å². The number of anilines is 1. The zero-order valence-electron chi connectivity index (χ0n) is 17.0. The molecular formula is C20H14Cl2F4N4O4. The van der Waals surface area contributed by atoms with Crippen molar-refractivity contribution in [1.82, 2.24) is 9.78 Å². The summed E-state index contributed by atoms with van der Waals surface area (Å²) in [5.41, 5.74) is -2.37. The van der Waals surface area contributed by atoms with Gasteiger partial charge in [0.05, 0.1) is 21.7 Å². The minimum absolute atomic E-state index is 0.0753. The predicted molar refractivity (Wildman–Crippen MR) is 115 cm³/mol. The van der Waals surface area contributed by atoms with Crippen LogP contribution in [0.4, 0.5) is 28.9 Å². The number of amides is 1. The molecule has 1 aromatic heterocycles. The second kappa shape index (κ2) is 10.3. The second-order valence-electron chi connectivity index (χ2n) is 6.85. The Labute approximate surface area is 199 Å². The molecule has 180 valence electrons. The fraction of sp³-hybridized carbons (Fsp3) is 0.200. The summed E-state index contributed by atoms with van der Waals surface area (Å²) in [7, 11) is 0. The van der Waals surface area contributed by atoms with Gasteiger partial charge in [-0.3, -0.25) is 19.6 Å². The van der Waals surface area contributed by atoms with Crippen LogP contribution < -0.4 is 10.1 Å². The highest BCUT2D eigenvalue weighted by molar-refractivity contribution is 6.35. The molecule has 14 heteroatoms. The van der Waals surface area contributed by atoms with Crippen molar-refractivity contribution < 1.29 is 32.0 Å². The van der Waals surface area contributed by atoms with E-state index in [9.17, 15) is 32.5 Å². The van der Waals surface area contributed by atoms with Crippen molar-refractivity contribution in [1.29, 1.82) is 0 Å². The van der Waals surface area contributed by atoms with Crippen LogP contribution in [0.1, 0.15) is 37.2 Å². The van der Waals surface area contributed by atoms with Gasteiger partial charge in [-0.05, 0) is 31.2 Å². The number of alkyl halides is 4. The van der Waals surface area contributed by atoms with Gasteiger partial charge in [-0.2, -0.15) is 5.10 Å². The Balaban J connectivity index is 1.90. The van der Waals surface area contributed by atoms with Gasteiger partial charge in [-0.15, -0.1) is 0 Å². The molecule has 0 saturated heterocycles. The number of aromatic nitrogens is 2. The van der Waals surface area contributed by atoms with Gasteiger partial charge in [0.25, 0.3) is 18.5 Å². The smallest absolute Gasteiger partial charge is 0.282 e. The summed E-state index contributed by atoms with van der Waals surface area (Å²) in [6, 6.07) is 6.64. The molecule has 0 saturated carbocycles. The number of non-ortho nitro benzene ring substituents is 1. The Morgan fingerprint density at radius 3 is 2.41 bits per heavy atom. The number of nitrogens with zero attached hydrogens (tertiary/aromatic N) is 3. The van der Waals surface area contributed by atoms with Gasteiger partial charge >= 0.3 is 0 Å². The minimum atomic E-state index is -3.17. The van der Waals surface area contributed by atoms with Crippen LogP contribution in [0.25, 0.3) is 0 Å². The Bertz CT molecular complexity index is 1240. The van der Waals surface area contributed by atoms with Crippen LogP contribution in [-0.4, -0.2) is 20.6 Å². The molecule has 0 bridgehead atoms. The fourth-order valence-electron chi connectivity index (χ4n) is 2.87. The average molecular weight is 521 g/mol. The number of hydrogen-bond acceptors (Lipinski definition) is 5. The number of nitrogens with one attached hydrogen (secondary N) is 1. The summed E-state index contributed by atoms with van der Waals surface area (Å²) in [6.07, 6.45) is -6.29. The maximum absolute atomic E-state index is 13.3. The monoisotopic (exact) mass is 520 g/mol. The first-order valence-electron chi connectivity index (χ1n) is 9.35. The van der Waals surface area contributed by atoms with E-state index >= 15 is 0 Å². The molecular weight excluding hydrogens is 507 g/mol. The van der Waals surface area contributed by atoms with E-state index in [1.165, 1.54) is 24.3 Å². The predicted octanol–water partition coefficient (Wildman–Crippen LogP) is 6.97. The highest BCUT2D eigenvalue weighted by Crippen LogP contribution is 2.35. The van der Waals surface area contributed by atoms with E-state index in [2.05, 4.69) is 10.4 Å². The van der Waals surface area contributed by atoms with Crippen molar-refractivity contribution in [2.75, 3.05) is 5.32 Å². The lowest BCUT2D eigenvalue weighted by Crippen LogP contribution is -2.26. The number of nitro benzene ring substituents is 1. The van der Waals surface area contributed by atoms with Gasteiger partial charge in [-0.1, -0.05) is 23.2 Å². The van der Waals surface area contributed by atoms with Crippen LogP contribution in [0.2, 0.25) is 10.0 Å². The zero-order valence-corrected chi connectivity index (χ0v) is 18.5. The van der Waals surface area contributed by atoms with E-state index in [1.807, 2.05) is 0 Å². The number of carbonyl (C=O) groups is 1. The molecule has 34 heavy (non-hydrogen) atoms. The first kappa shape index (κ1) is 25.2. The molecule has 0 aliphatic rings. The average Bonchev–Trinajstić information content (AvgIpc) is 3.21. The molecule has 0 spiro atoms. The Kier molecular flexibility index (Phi) is 7.62. The first-order valence-corrected chi connectivity index (χ1v) is 10.1. The summed E-state index contributed by atoms with van der Waals surface area (Å²) in [5, 5.41) is 17.5. The van der Waals surface area contributed by atoms with Crippen LogP contribution in [0.15, 0.2) is 42.5 Å². The number of carbonyl (C=O) groups excluding carboxylic acids is 1. The highest BCUT2D eigenvalue weighted by Gasteiger charge is 2.27. The van der Waals surface area contributed by atoms with Crippen LogP contribution in [-0.2, 0) is 4.79 Å². The maximum atomic E-state index is 13.3. The third-order valence-electron chi connectivity index (χ3n) is 4.47. The summed E-state index contributed by atoms with van der Waals surface area (Å²) in [6.45, 7) is 1.16. The van der Waals surface area contributed by atoms with E-state index in [1.54, 1.807) is 0 Å². The summed E-state index contributed by atoms with van der Waals surface area (Å²) < 4.78 is 58.4. The third kappa shape index (κ3) is 5.75. The largest absolute Gasteiger partial charge is 0.455 e.